The van der Waals surface area contributed by atoms with Gasteiger partial charge in [-0.2, -0.15) is 0 Å². The number of allylic oxidation sites excluding steroid dienone is 4. The van der Waals surface area contributed by atoms with E-state index in [1.807, 2.05) is 6.08 Å². The molecule has 2 unspecified atom stereocenters. The normalized spacial score (nSPS) is 39.7. The molecule has 2 saturated carbocycles. The monoisotopic (exact) mass is 354 g/mol. The summed E-state index contributed by atoms with van der Waals surface area (Å²) < 4.78 is 0. The predicted molar refractivity (Wildman–Crippen MR) is 102 cm³/mol. The van der Waals surface area contributed by atoms with Gasteiger partial charge in [-0.1, -0.05) is 35.9 Å². The van der Waals surface area contributed by atoms with E-state index in [2.05, 4.69) is 18.3 Å². The topological polar surface area (TPSA) is 34.1 Å². The van der Waals surface area contributed by atoms with Gasteiger partial charge in [-0.25, -0.2) is 0 Å². The van der Waals surface area contributed by atoms with Crippen molar-refractivity contribution in [2.24, 2.45) is 22.7 Å². The highest BCUT2D eigenvalue weighted by Crippen LogP contribution is 2.63. The largest absolute Gasteiger partial charge is 0.299 e. The second-order valence-corrected chi connectivity index (χ2v) is 9.36. The van der Waals surface area contributed by atoms with Crippen LogP contribution in [-0.2, 0) is 9.59 Å². The van der Waals surface area contributed by atoms with Gasteiger partial charge >= 0.3 is 0 Å². The molecule has 3 heteroatoms. The second-order valence-electron chi connectivity index (χ2n) is 8.43. The Labute approximate surface area is 154 Å². The fraction of sp³-hybridized carbons (Fsp3) is 0.636. The predicted octanol–water partition coefficient (Wildman–Crippen LogP) is 4.70. The Morgan fingerprint density at radius 1 is 1.28 bits per heavy atom. The van der Waals surface area contributed by atoms with Crippen molar-refractivity contribution in [3.63, 3.8) is 0 Å². The summed E-state index contributed by atoms with van der Waals surface area (Å²) in [4.78, 5) is 24.6. The Morgan fingerprint density at radius 3 is 2.92 bits per heavy atom. The standard InChI is InChI=1S/C22H26O2S/c1-3-25-13-12-22-11-8-16(23)14-15(22)4-5-17-18-6-7-20(24)21(18,2)10-9-19(17)22/h1,9,14,17-18H,4-8,10-13H2,2H3/t17?,18?,21-,22+/m0/s1. The molecule has 2 fully saturated rings. The van der Waals surface area contributed by atoms with Crippen LogP contribution < -0.4 is 0 Å². The van der Waals surface area contributed by atoms with Gasteiger partial charge in [-0.3, -0.25) is 9.59 Å². The van der Waals surface area contributed by atoms with E-state index in [0.717, 1.165) is 50.7 Å². The molecule has 0 heterocycles. The summed E-state index contributed by atoms with van der Waals surface area (Å²) in [5.41, 5.74) is 2.78. The zero-order chi connectivity index (χ0) is 17.7. The fourth-order valence-electron chi connectivity index (χ4n) is 6.17. The minimum atomic E-state index is -0.144. The summed E-state index contributed by atoms with van der Waals surface area (Å²) in [6.07, 6.45) is 17.2. The van der Waals surface area contributed by atoms with Crippen LogP contribution in [0.5, 0.6) is 0 Å². The van der Waals surface area contributed by atoms with Crippen LogP contribution in [0.25, 0.3) is 0 Å². The van der Waals surface area contributed by atoms with Crippen LogP contribution in [0.1, 0.15) is 58.3 Å². The number of hydrogen-bond donors (Lipinski definition) is 0. The van der Waals surface area contributed by atoms with Gasteiger partial charge in [0.25, 0.3) is 0 Å². The maximum Gasteiger partial charge on any atom is 0.155 e. The number of rotatable bonds is 3. The molecule has 0 radical (unpaired) electrons. The molecular weight excluding hydrogens is 328 g/mol. The van der Waals surface area contributed by atoms with Crippen molar-refractivity contribution >= 4 is 23.3 Å². The lowest BCUT2D eigenvalue weighted by molar-refractivity contribution is -0.127. The van der Waals surface area contributed by atoms with E-state index in [1.54, 1.807) is 17.3 Å². The summed E-state index contributed by atoms with van der Waals surface area (Å²) in [6, 6.07) is 0. The molecule has 4 aliphatic carbocycles. The quantitative estimate of drug-likeness (QED) is 0.418. The molecule has 0 N–H and O–H groups in total. The Kier molecular flexibility index (Phi) is 4.23. The molecule has 4 atom stereocenters. The molecule has 2 nitrogen and oxygen atoms in total. The maximum atomic E-state index is 12.5. The third kappa shape index (κ3) is 2.48. The molecule has 0 spiro atoms. The molecule has 0 saturated heterocycles. The SMILES string of the molecule is C#CSCC[C@]12CCC(=O)C=C1CCC1C2=CC[C@]2(C)C(=O)CCC12. The smallest absolute Gasteiger partial charge is 0.155 e. The van der Waals surface area contributed by atoms with E-state index in [9.17, 15) is 9.59 Å². The van der Waals surface area contributed by atoms with Gasteiger partial charge in [-0.05, 0) is 61.7 Å². The maximum absolute atomic E-state index is 12.5. The first-order valence-corrected chi connectivity index (χ1v) is 10.5. The van der Waals surface area contributed by atoms with Crippen molar-refractivity contribution in [3.05, 3.63) is 23.3 Å². The van der Waals surface area contributed by atoms with E-state index in [-0.39, 0.29) is 16.6 Å². The van der Waals surface area contributed by atoms with Gasteiger partial charge in [-0.15, -0.1) is 6.42 Å². The van der Waals surface area contributed by atoms with Gasteiger partial charge in [0.2, 0.25) is 0 Å². The molecule has 0 aliphatic heterocycles. The van der Waals surface area contributed by atoms with Crippen molar-refractivity contribution in [3.8, 4) is 11.7 Å². The van der Waals surface area contributed by atoms with Gasteiger partial charge in [0.15, 0.2) is 5.78 Å². The number of hydrogen-bond acceptors (Lipinski definition) is 3. The zero-order valence-electron chi connectivity index (χ0n) is 15.0. The molecule has 4 rings (SSSR count). The number of carbonyl (C=O) groups excluding carboxylic acids is 2. The average Bonchev–Trinajstić information content (AvgIpc) is 2.91. The summed E-state index contributed by atoms with van der Waals surface area (Å²) in [5, 5.41) is 2.70. The first-order valence-electron chi connectivity index (χ1n) is 9.56. The van der Waals surface area contributed by atoms with Crippen LogP contribution in [0.2, 0.25) is 0 Å². The highest BCUT2D eigenvalue weighted by Gasteiger charge is 2.56. The molecule has 4 aliphatic rings. The molecule has 0 aromatic carbocycles. The van der Waals surface area contributed by atoms with Crippen molar-refractivity contribution in [1.29, 1.82) is 0 Å². The summed E-state index contributed by atoms with van der Waals surface area (Å²) >= 11 is 1.55. The first-order chi connectivity index (χ1) is 12.0. The zero-order valence-corrected chi connectivity index (χ0v) is 15.8. The Balaban J connectivity index is 1.75. The molecule has 132 valence electrons. The van der Waals surface area contributed by atoms with E-state index >= 15 is 0 Å². The molecular formula is C22H26O2S. The number of carbonyl (C=O) groups is 2. The fourth-order valence-corrected chi connectivity index (χ4v) is 6.74. The van der Waals surface area contributed by atoms with E-state index in [0.29, 0.717) is 24.0 Å². The lowest BCUT2D eigenvalue weighted by Crippen LogP contribution is -2.45. The number of fused-ring (bicyclic) bond motifs is 5. The minimum Gasteiger partial charge on any atom is -0.299 e. The van der Waals surface area contributed by atoms with E-state index < -0.39 is 0 Å². The number of ketones is 2. The molecule has 0 amide bonds. The van der Waals surface area contributed by atoms with Crippen molar-refractivity contribution < 1.29 is 9.59 Å². The van der Waals surface area contributed by atoms with E-state index in [4.69, 9.17) is 6.42 Å². The van der Waals surface area contributed by atoms with E-state index in [1.165, 1.54) is 5.57 Å². The molecule has 0 bridgehead atoms. The Bertz CT molecular complexity index is 725. The highest BCUT2D eigenvalue weighted by atomic mass is 32.2. The van der Waals surface area contributed by atoms with Crippen LogP contribution in [0.3, 0.4) is 0 Å². The Hall–Kier alpha value is -1.27. The van der Waals surface area contributed by atoms with Crippen molar-refractivity contribution in [1.82, 2.24) is 0 Å². The molecule has 0 aromatic heterocycles. The minimum absolute atomic E-state index is 0.0354. The lowest BCUT2D eigenvalue weighted by Gasteiger charge is -2.53. The van der Waals surface area contributed by atoms with Crippen LogP contribution in [-0.4, -0.2) is 17.3 Å². The van der Waals surface area contributed by atoms with Gasteiger partial charge < -0.3 is 0 Å². The van der Waals surface area contributed by atoms with Gasteiger partial charge in [0.1, 0.15) is 5.78 Å². The molecule has 0 aromatic rings. The van der Waals surface area contributed by atoms with Crippen molar-refractivity contribution in [2.45, 2.75) is 58.3 Å². The van der Waals surface area contributed by atoms with Crippen LogP contribution in [0.15, 0.2) is 23.3 Å². The summed E-state index contributed by atoms with van der Waals surface area (Å²) in [6.45, 7) is 2.19. The molecule has 25 heavy (non-hydrogen) atoms. The van der Waals surface area contributed by atoms with Crippen LogP contribution in [0.4, 0.5) is 0 Å². The van der Waals surface area contributed by atoms with Crippen LogP contribution >= 0.6 is 11.8 Å². The average molecular weight is 355 g/mol. The van der Waals surface area contributed by atoms with Gasteiger partial charge in [0, 0.05) is 29.4 Å². The Morgan fingerprint density at radius 2 is 2.12 bits per heavy atom. The highest BCUT2D eigenvalue weighted by molar-refractivity contribution is 8.03. The number of thioether (sulfide) groups is 1. The summed E-state index contributed by atoms with van der Waals surface area (Å²) in [5.74, 6) is 2.70. The summed E-state index contributed by atoms with van der Waals surface area (Å²) in [7, 11) is 0. The number of Topliss-reactive ketones (excluding diaryl/α,β-unsaturated/α-hetero) is 1. The lowest BCUT2D eigenvalue weighted by atomic mass is 9.50. The van der Waals surface area contributed by atoms with Crippen molar-refractivity contribution in [2.75, 3.05) is 5.75 Å². The second kappa shape index (κ2) is 6.16. The van der Waals surface area contributed by atoms with Crippen LogP contribution in [0, 0.1) is 34.3 Å². The third-order valence-electron chi connectivity index (χ3n) is 7.51. The van der Waals surface area contributed by atoms with Gasteiger partial charge in [0.05, 0.1) is 0 Å². The first kappa shape index (κ1) is 17.2. The third-order valence-corrected chi connectivity index (χ3v) is 8.08. The number of terminal acetylenes is 1.